The summed E-state index contributed by atoms with van der Waals surface area (Å²) in [6.07, 6.45) is 0. The molecule has 1 atom stereocenters. The molecule has 0 aliphatic rings. The van der Waals surface area contributed by atoms with Crippen molar-refractivity contribution in [1.29, 1.82) is 0 Å². The summed E-state index contributed by atoms with van der Waals surface area (Å²) in [5.41, 5.74) is 0.608. The van der Waals surface area contributed by atoms with Crippen molar-refractivity contribution < 1.29 is 4.79 Å². The van der Waals surface area contributed by atoms with Crippen LogP contribution in [0.15, 0.2) is 24.3 Å². The van der Waals surface area contributed by atoms with Gasteiger partial charge in [-0.15, -0.1) is 0 Å². The van der Waals surface area contributed by atoms with Crippen LogP contribution in [-0.2, 0) is 0 Å². The van der Waals surface area contributed by atoms with E-state index < -0.39 is 0 Å². The van der Waals surface area contributed by atoms with Gasteiger partial charge >= 0.3 is 0 Å². The van der Waals surface area contributed by atoms with Gasteiger partial charge in [-0.3, -0.25) is 4.79 Å². The Labute approximate surface area is 89.3 Å². The maximum absolute atomic E-state index is 11.8. The van der Waals surface area contributed by atoms with E-state index in [0.717, 1.165) is 0 Å². The highest BCUT2D eigenvalue weighted by Crippen LogP contribution is 2.18. The number of Topliss-reactive ketones (excluding diaryl/α,β-unsaturated/α-hetero) is 1. The third-order valence-corrected chi connectivity index (χ3v) is 2.43. The Kier molecular flexibility index (Phi) is 4.11. The Balaban J connectivity index is 2.84. The number of benzene rings is 1. The SMILES string of the molecule is CNCC(C)C(=O)c1ccccc1Cl. The molecular formula is C11H14ClNO. The van der Waals surface area contributed by atoms with Gasteiger partial charge < -0.3 is 5.32 Å². The number of ketones is 1. The number of halogens is 1. The lowest BCUT2D eigenvalue weighted by Gasteiger charge is -2.10. The summed E-state index contributed by atoms with van der Waals surface area (Å²) in [7, 11) is 1.83. The van der Waals surface area contributed by atoms with Crippen LogP contribution in [0.1, 0.15) is 17.3 Å². The summed E-state index contributed by atoms with van der Waals surface area (Å²) in [6, 6.07) is 7.14. The molecule has 0 saturated heterocycles. The summed E-state index contributed by atoms with van der Waals surface area (Å²) < 4.78 is 0. The maximum atomic E-state index is 11.8. The first kappa shape index (κ1) is 11.2. The van der Waals surface area contributed by atoms with Gasteiger partial charge in [-0.25, -0.2) is 0 Å². The summed E-state index contributed by atoms with van der Waals surface area (Å²) in [5.74, 6) is 0.0462. The molecule has 0 aromatic heterocycles. The molecule has 1 aromatic rings. The number of carbonyl (C=O) groups is 1. The van der Waals surface area contributed by atoms with E-state index in [1.807, 2.05) is 26.1 Å². The molecule has 0 aliphatic carbocycles. The minimum absolute atomic E-state index is 0.0418. The van der Waals surface area contributed by atoms with Crippen molar-refractivity contribution in [3.05, 3.63) is 34.9 Å². The minimum atomic E-state index is -0.0418. The number of hydrogen-bond donors (Lipinski definition) is 1. The van der Waals surface area contributed by atoms with Gasteiger partial charge in [-0.05, 0) is 19.2 Å². The molecule has 1 N–H and O–H groups in total. The highest BCUT2D eigenvalue weighted by atomic mass is 35.5. The van der Waals surface area contributed by atoms with E-state index in [0.29, 0.717) is 17.1 Å². The second kappa shape index (κ2) is 5.13. The van der Waals surface area contributed by atoms with Crippen LogP contribution in [0.2, 0.25) is 5.02 Å². The van der Waals surface area contributed by atoms with Crippen molar-refractivity contribution in [2.75, 3.05) is 13.6 Å². The molecule has 2 nitrogen and oxygen atoms in total. The first-order valence-corrected chi connectivity index (χ1v) is 4.98. The normalized spacial score (nSPS) is 12.5. The van der Waals surface area contributed by atoms with Crippen LogP contribution in [0, 0.1) is 5.92 Å². The molecule has 3 heteroatoms. The lowest BCUT2D eigenvalue weighted by Crippen LogP contribution is -2.23. The molecular weight excluding hydrogens is 198 g/mol. The highest BCUT2D eigenvalue weighted by Gasteiger charge is 2.16. The largest absolute Gasteiger partial charge is 0.319 e. The van der Waals surface area contributed by atoms with Crippen molar-refractivity contribution in [3.8, 4) is 0 Å². The summed E-state index contributed by atoms with van der Waals surface area (Å²) in [5, 5.41) is 3.50. The molecule has 0 radical (unpaired) electrons. The van der Waals surface area contributed by atoms with E-state index in [-0.39, 0.29) is 11.7 Å². The van der Waals surface area contributed by atoms with Crippen LogP contribution in [-0.4, -0.2) is 19.4 Å². The van der Waals surface area contributed by atoms with Gasteiger partial charge in [0.1, 0.15) is 0 Å². The van der Waals surface area contributed by atoms with Crippen LogP contribution in [0.3, 0.4) is 0 Å². The maximum Gasteiger partial charge on any atom is 0.168 e. The second-order valence-corrected chi connectivity index (χ2v) is 3.71. The average molecular weight is 212 g/mol. The summed E-state index contributed by atoms with van der Waals surface area (Å²) in [4.78, 5) is 11.8. The zero-order chi connectivity index (χ0) is 10.6. The fraction of sp³-hybridized carbons (Fsp3) is 0.364. The number of nitrogens with one attached hydrogen (secondary N) is 1. The average Bonchev–Trinajstić information content (AvgIpc) is 2.18. The predicted octanol–water partition coefficient (Wildman–Crippen LogP) is 2.38. The molecule has 0 saturated carbocycles. The number of carbonyl (C=O) groups excluding carboxylic acids is 1. The Bertz CT molecular complexity index is 325. The monoisotopic (exact) mass is 211 g/mol. The van der Waals surface area contributed by atoms with E-state index in [9.17, 15) is 4.79 Å². The Morgan fingerprint density at radius 1 is 1.50 bits per heavy atom. The quantitative estimate of drug-likeness (QED) is 0.775. The number of rotatable bonds is 4. The van der Waals surface area contributed by atoms with Gasteiger partial charge in [0.2, 0.25) is 0 Å². The minimum Gasteiger partial charge on any atom is -0.319 e. The van der Waals surface area contributed by atoms with E-state index in [1.165, 1.54) is 0 Å². The van der Waals surface area contributed by atoms with E-state index in [1.54, 1.807) is 12.1 Å². The zero-order valence-corrected chi connectivity index (χ0v) is 9.14. The van der Waals surface area contributed by atoms with Crippen LogP contribution in [0.25, 0.3) is 0 Å². The summed E-state index contributed by atoms with van der Waals surface area (Å²) in [6.45, 7) is 2.56. The van der Waals surface area contributed by atoms with E-state index in [2.05, 4.69) is 5.32 Å². The molecule has 1 aromatic carbocycles. The van der Waals surface area contributed by atoms with Crippen molar-refractivity contribution >= 4 is 17.4 Å². The Hall–Kier alpha value is -0.860. The van der Waals surface area contributed by atoms with E-state index in [4.69, 9.17) is 11.6 Å². The summed E-state index contributed by atoms with van der Waals surface area (Å²) >= 11 is 5.92. The molecule has 1 rings (SSSR count). The molecule has 0 bridgehead atoms. The second-order valence-electron chi connectivity index (χ2n) is 3.30. The third-order valence-electron chi connectivity index (χ3n) is 2.10. The molecule has 0 spiro atoms. The van der Waals surface area contributed by atoms with Crippen LogP contribution < -0.4 is 5.32 Å². The highest BCUT2D eigenvalue weighted by molar-refractivity contribution is 6.34. The lowest BCUT2D eigenvalue weighted by molar-refractivity contribution is 0.0930. The lowest BCUT2D eigenvalue weighted by atomic mass is 9.99. The molecule has 1 unspecified atom stereocenters. The van der Waals surface area contributed by atoms with Gasteiger partial charge in [-0.2, -0.15) is 0 Å². The van der Waals surface area contributed by atoms with Crippen molar-refractivity contribution in [1.82, 2.24) is 5.32 Å². The first-order chi connectivity index (χ1) is 6.66. The molecule has 76 valence electrons. The Morgan fingerprint density at radius 3 is 2.71 bits per heavy atom. The zero-order valence-electron chi connectivity index (χ0n) is 8.38. The first-order valence-electron chi connectivity index (χ1n) is 4.60. The van der Waals surface area contributed by atoms with Crippen molar-refractivity contribution in [2.24, 2.45) is 5.92 Å². The van der Waals surface area contributed by atoms with Gasteiger partial charge in [0.05, 0.1) is 5.02 Å². The van der Waals surface area contributed by atoms with Crippen LogP contribution in [0.5, 0.6) is 0 Å². The van der Waals surface area contributed by atoms with Crippen molar-refractivity contribution in [2.45, 2.75) is 6.92 Å². The topological polar surface area (TPSA) is 29.1 Å². The van der Waals surface area contributed by atoms with Crippen LogP contribution in [0.4, 0.5) is 0 Å². The van der Waals surface area contributed by atoms with Gasteiger partial charge in [0.15, 0.2) is 5.78 Å². The molecule has 14 heavy (non-hydrogen) atoms. The van der Waals surface area contributed by atoms with Gasteiger partial charge in [0.25, 0.3) is 0 Å². The fourth-order valence-corrected chi connectivity index (χ4v) is 1.55. The van der Waals surface area contributed by atoms with Gasteiger partial charge in [-0.1, -0.05) is 30.7 Å². The van der Waals surface area contributed by atoms with Crippen LogP contribution >= 0.6 is 11.6 Å². The fourth-order valence-electron chi connectivity index (χ4n) is 1.33. The smallest absolute Gasteiger partial charge is 0.168 e. The predicted molar refractivity (Wildman–Crippen MR) is 58.9 cm³/mol. The molecule has 0 aliphatic heterocycles. The molecule has 0 fully saturated rings. The third kappa shape index (κ3) is 2.56. The molecule has 0 amide bonds. The van der Waals surface area contributed by atoms with E-state index >= 15 is 0 Å². The number of hydrogen-bond acceptors (Lipinski definition) is 2. The Morgan fingerprint density at radius 2 is 2.14 bits per heavy atom. The van der Waals surface area contributed by atoms with Crippen molar-refractivity contribution in [3.63, 3.8) is 0 Å². The van der Waals surface area contributed by atoms with Gasteiger partial charge in [0, 0.05) is 18.0 Å². The standard InChI is InChI=1S/C11H14ClNO/c1-8(7-13-2)11(14)9-5-3-4-6-10(9)12/h3-6,8,13H,7H2,1-2H3. The molecule has 0 heterocycles.